The van der Waals surface area contributed by atoms with E-state index in [9.17, 15) is 4.79 Å². The van der Waals surface area contributed by atoms with E-state index >= 15 is 0 Å². The minimum Gasteiger partial charge on any atom is -0.445 e. The molecule has 0 aliphatic heterocycles. The minimum atomic E-state index is -0.156. The molecule has 1 heterocycles. The van der Waals surface area contributed by atoms with Gasteiger partial charge in [-0.2, -0.15) is 0 Å². The number of unbranched alkanes of at least 4 members (excludes halogenated alkanes) is 1. The zero-order chi connectivity index (χ0) is 16.5. The maximum absolute atomic E-state index is 12.4. The molecule has 6 nitrogen and oxygen atoms in total. The number of nitrogens with one attached hydrogen (secondary N) is 1. The molecule has 0 radical (unpaired) electrons. The quantitative estimate of drug-likeness (QED) is 0.782. The summed E-state index contributed by atoms with van der Waals surface area (Å²) >= 11 is 0. The molecule has 0 bridgehead atoms. The van der Waals surface area contributed by atoms with E-state index in [0.29, 0.717) is 31.1 Å². The molecule has 0 aliphatic carbocycles. The Bertz CT molecular complexity index is 591. The lowest BCUT2D eigenvalue weighted by Crippen LogP contribution is -2.36. The summed E-state index contributed by atoms with van der Waals surface area (Å²) in [6.07, 6.45) is 5.63. The van der Waals surface area contributed by atoms with Crippen molar-refractivity contribution in [2.45, 2.75) is 26.2 Å². The van der Waals surface area contributed by atoms with Gasteiger partial charge in [-0.05, 0) is 31.0 Å². The predicted molar refractivity (Wildman–Crippen MR) is 89.1 cm³/mol. The van der Waals surface area contributed by atoms with Crippen LogP contribution in [-0.2, 0) is 0 Å². The van der Waals surface area contributed by atoms with Gasteiger partial charge in [0.25, 0.3) is 0 Å². The monoisotopic (exact) mass is 317 g/mol. The summed E-state index contributed by atoms with van der Waals surface area (Å²) in [7, 11) is 0. The molecule has 23 heavy (non-hydrogen) atoms. The fraction of sp³-hybridized carbons (Fsp3) is 0.412. The Kier molecular flexibility index (Phi) is 6.62. The molecule has 0 unspecified atom stereocenters. The number of anilines is 1. The number of aliphatic hydroxyl groups is 1. The molecule has 0 atom stereocenters. The third-order valence-electron chi connectivity index (χ3n) is 3.45. The second-order valence-corrected chi connectivity index (χ2v) is 5.27. The molecule has 2 amide bonds. The lowest BCUT2D eigenvalue weighted by Gasteiger charge is -2.22. The highest BCUT2D eigenvalue weighted by Gasteiger charge is 2.13. The van der Waals surface area contributed by atoms with Crippen molar-refractivity contribution in [3.05, 3.63) is 36.7 Å². The Morgan fingerprint density at radius 1 is 1.35 bits per heavy atom. The molecule has 2 rings (SSSR count). The number of carbonyl (C=O) groups is 1. The molecule has 0 spiro atoms. The third-order valence-corrected chi connectivity index (χ3v) is 3.45. The number of aromatic nitrogens is 1. The van der Waals surface area contributed by atoms with E-state index < -0.39 is 0 Å². The molecule has 1 aromatic heterocycles. The molecule has 0 aliphatic rings. The topological polar surface area (TPSA) is 78.6 Å². The number of oxazole rings is 1. The molecule has 2 N–H and O–H groups in total. The van der Waals surface area contributed by atoms with Crippen molar-refractivity contribution in [1.82, 2.24) is 9.88 Å². The molecule has 6 heteroatoms. The third kappa shape index (κ3) is 5.10. The summed E-state index contributed by atoms with van der Waals surface area (Å²) in [5.41, 5.74) is 1.50. The highest BCUT2D eigenvalue weighted by Crippen LogP contribution is 2.21. The van der Waals surface area contributed by atoms with Gasteiger partial charge in [-0.1, -0.05) is 19.4 Å². The number of hydrogen-bond donors (Lipinski definition) is 2. The van der Waals surface area contributed by atoms with Gasteiger partial charge in [-0.3, -0.25) is 0 Å². The maximum Gasteiger partial charge on any atom is 0.321 e. The number of carbonyl (C=O) groups excluding carboxylic acids is 1. The smallest absolute Gasteiger partial charge is 0.321 e. The maximum atomic E-state index is 12.4. The lowest BCUT2D eigenvalue weighted by atomic mass is 10.2. The van der Waals surface area contributed by atoms with E-state index in [2.05, 4.69) is 17.2 Å². The normalized spacial score (nSPS) is 10.5. The first-order valence-electron chi connectivity index (χ1n) is 7.91. The van der Waals surface area contributed by atoms with Crippen LogP contribution in [0.15, 0.2) is 41.1 Å². The van der Waals surface area contributed by atoms with E-state index in [-0.39, 0.29) is 12.6 Å². The number of amides is 2. The van der Waals surface area contributed by atoms with Crippen LogP contribution in [0.5, 0.6) is 0 Å². The van der Waals surface area contributed by atoms with Crippen LogP contribution in [-0.4, -0.2) is 40.7 Å². The van der Waals surface area contributed by atoms with Crippen LogP contribution in [0.3, 0.4) is 0 Å². The second-order valence-electron chi connectivity index (χ2n) is 5.27. The largest absolute Gasteiger partial charge is 0.445 e. The number of aliphatic hydroxyl groups excluding tert-OH is 1. The molecule has 0 fully saturated rings. The molecular weight excluding hydrogens is 294 g/mol. The number of urea groups is 1. The SMILES string of the molecule is CCCCN(CCCO)C(=O)Nc1cccc(-c2ncco2)c1. The van der Waals surface area contributed by atoms with Gasteiger partial charge in [0.1, 0.15) is 6.26 Å². The fourth-order valence-corrected chi connectivity index (χ4v) is 2.22. The highest BCUT2D eigenvalue weighted by molar-refractivity contribution is 5.90. The average Bonchev–Trinajstić information content (AvgIpc) is 3.09. The summed E-state index contributed by atoms with van der Waals surface area (Å²) in [5, 5.41) is 11.9. The van der Waals surface area contributed by atoms with Gasteiger partial charge in [0.2, 0.25) is 5.89 Å². The molecule has 0 saturated carbocycles. The minimum absolute atomic E-state index is 0.0789. The van der Waals surface area contributed by atoms with Gasteiger partial charge < -0.3 is 19.7 Å². The molecule has 0 saturated heterocycles. The highest BCUT2D eigenvalue weighted by atomic mass is 16.3. The van der Waals surface area contributed by atoms with E-state index in [1.807, 2.05) is 24.3 Å². The van der Waals surface area contributed by atoms with Crippen molar-refractivity contribution in [1.29, 1.82) is 0 Å². The Hall–Kier alpha value is -2.34. The van der Waals surface area contributed by atoms with Crippen LogP contribution in [0.4, 0.5) is 10.5 Å². The molecule has 124 valence electrons. The lowest BCUT2D eigenvalue weighted by molar-refractivity contribution is 0.201. The van der Waals surface area contributed by atoms with Crippen LogP contribution >= 0.6 is 0 Å². The van der Waals surface area contributed by atoms with Gasteiger partial charge in [-0.15, -0.1) is 0 Å². The first kappa shape index (κ1) is 17.0. The number of hydrogen-bond acceptors (Lipinski definition) is 4. The van der Waals surface area contributed by atoms with Crippen LogP contribution < -0.4 is 5.32 Å². The van der Waals surface area contributed by atoms with Gasteiger partial charge in [0.15, 0.2) is 0 Å². The van der Waals surface area contributed by atoms with Crippen LogP contribution in [0, 0.1) is 0 Å². The van der Waals surface area contributed by atoms with Crippen molar-refractivity contribution in [2.24, 2.45) is 0 Å². The van der Waals surface area contributed by atoms with Gasteiger partial charge in [0, 0.05) is 30.9 Å². The Morgan fingerprint density at radius 2 is 2.17 bits per heavy atom. The summed E-state index contributed by atoms with van der Waals surface area (Å²) in [5.74, 6) is 0.518. The van der Waals surface area contributed by atoms with Crippen molar-refractivity contribution in [2.75, 3.05) is 25.0 Å². The van der Waals surface area contributed by atoms with E-state index in [4.69, 9.17) is 9.52 Å². The Morgan fingerprint density at radius 3 is 2.87 bits per heavy atom. The number of benzene rings is 1. The number of rotatable bonds is 8. The standard InChI is InChI=1S/C17H23N3O3/c1-2-3-9-20(10-5-11-21)17(22)19-15-7-4-6-14(13-15)16-18-8-12-23-16/h4,6-8,12-13,21H,2-3,5,9-11H2,1H3,(H,19,22). The van der Waals surface area contributed by atoms with E-state index in [1.54, 1.807) is 11.1 Å². The summed E-state index contributed by atoms with van der Waals surface area (Å²) in [6, 6.07) is 7.22. The van der Waals surface area contributed by atoms with Gasteiger partial charge in [0.05, 0.1) is 6.20 Å². The van der Waals surface area contributed by atoms with Crippen molar-refractivity contribution < 1.29 is 14.3 Å². The molecule has 2 aromatic rings. The molecule has 1 aromatic carbocycles. The first-order chi connectivity index (χ1) is 11.2. The van der Waals surface area contributed by atoms with Crippen LogP contribution in [0.1, 0.15) is 26.2 Å². The van der Waals surface area contributed by atoms with E-state index in [1.165, 1.54) is 6.26 Å². The summed E-state index contributed by atoms with van der Waals surface area (Å²) < 4.78 is 5.27. The predicted octanol–water partition coefficient (Wildman–Crippen LogP) is 3.36. The van der Waals surface area contributed by atoms with Crippen molar-refractivity contribution >= 4 is 11.7 Å². The summed E-state index contributed by atoms with van der Waals surface area (Å²) in [6.45, 7) is 3.39. The van der Waals surface area contributed by atoms with Crippen LogP contribution in [0.25, 0.3) is 11.5 Å². The zero-order valence-electron chi connectivity index (χ0n) is 13.4. The number of nitrogens with zero attached hydrogens (tertiary/aromatic N) is 2. The Labute approximate surface area is 136 Å². The Balaban J connectivity index is 2.03. The zero-order valence-corrected chi connectivity index (χ0v) is 13.4. The van der Waals surface area contributed by atoms with E-state index in [0.717, 1.165) is 18.4 Å². The fourth-order valence-electron chi connectivity index (χ4n) is 2.22. The van der Waals surface area contributed by atoms with Crippen molar-refractivity contribution in [3.63, 3.8) is 0 Å². The molecular formula is C17H23N3O3. The second kappa shape index (κ2) is 8.95. The summed E-state index contributed by atoms with van der Waals surface area (Å²) in [4.78, 5) is 18.3. The van der Waals surface area contributed by atoms with Crippen molar-refractivity contribution in [3.8, 4) is 11.5 Å². The van der Waals surface area contributed by atoms with Gasteiger partial charge in [-0.25, -0.2) is 9.78 Å². The first-order valence-corrected chi connectivity index (χ1v) is 7.91. The average molecular weight is 317 g/mol. The van der Waals surface area contributed by atoms with Gasteiger partial charge >= 0.3 is 6.03 Å². The van der Waals surface area contributed by atoms with Crippen LogP contribution in [0.2, 0.25) is 0 Å².